The van der Waals surface area contributed by atoms with Crippen molar-refractivity contribution < 1.29 is 0 Å². The monoisotopic (exact) mass is 420 g/mol. The van der Waals surface area contributed by atoms with Crippen LogP contribution in [0.15, 0.2) is 6.07 Å². The molecule has 1 aromatic rings. The van der Waals surface area contributed by atoms with Gasteiger partial charge in [0.05, 0.1) is 0 Å². The Bertz CT molecular complexity index is 624. The highest BCUT2D eigenvalue weighted by atomic mass is 32.1. The summed E-state index contributed by atoms with van der Waals surface area (Å²) in [6, 6.07) is 2.11. The largest absolute Gasteiger partial charge is 0.376 e. The molecule has 1 aromatic heterocycles. The van der Waals surface area contributed by atoms with E-state index in [0.29, 0.717) is 5.11 Å². The summed E-state index contributed by atoms with van der Waals surface area (Å²) >= 11 is 5.09. The molecule has 2 fully saturated rings. The minimum atomic E-state index is 0.476. The molecule has 0 atom stereocenters. The Labute approximate surface area is 180 Å². The molecule has 0 saturated carbocycles. The number of anilines is 3. The van der Waals surface area contributed by atoms with Crippen LogP contribution < -0.4 is 20.9 Å². The molecule has 2 aliphatic heterocycles. The van der Waals surface area contributed by atoms with Gasteiger partial charge in [0.1, 0.15) is 11.6 Å². The molecule has 0 radical (unpaired) electrons. The third kappa shape index (κ3) is 6.30. The van der Waals surface area contributed by atoms with Crippen molar-refractivity contribution >= 4 is 34.9 Å². The van der Waals surface area contributed by atoms with Gasteiger partial charge in [-0.05, 0) is 51.9 Å². The van der Waals surface area contributed by atoms with Crippen molar-refractivity contribution in [3.8, 4) is 0 Å². The molecule has 0 aliphatic carbocycles. The molecule has 2 aliphatic rings. The van der Waals surface area contributed by atoms with Crippen LogP contribution in [-0.2, 0) is 0 Å². The molecular formula is C20H36N8S. The number of aromatic nitrogens is 2. The van der Waals surface area contributed by atoms with E-state index in [9.17, 15) is 0 Å². The van der Waals surface area contributed by atoms with Gasteiger partial charge in [0, 0.05) is 65.0 Å². The minimum absolute atomic E-state index is 0.476. The molecule has 3 heterocycles. The van der Waals surface area contributed by atoms with E-state index in [2.05, 4.69) is 40.1 Å². The van der Waals surface area contributed by atoms with Crippen molar-refractivity contribution in [1.29, 1.82) is 0 Å². The fourth-order valence-corrected chi connectivity index (χ4v) is 4.10. The fourth-order valence-electron chi connectivity index (χ4n) is 3.88. The van der Waals surface area contributed by atoms with E-state index in [-0.39, 0.29) is 0 Å². The maximum absolute atomic E-state index is 5.75. The SMILES string of the molecule is CCN(CCN(C)CCNc1cc(N2CCCC2)nc(N2CCCC2)n1)C(N)=S. The van der Waals surface area contributed by atoms with E-state index in [0.717, 1.165) is 76.5 Å². The third-order valence-corrected chi connectivity index (χ3v) is 6.02. The van der Waals surface area contributed by atoms with E-state index in [1.165, 1.54) is 25.7 Å². The molecule has 29 heavy (non-hydrogen) atoms. The average molecular weight is 421 g/mol. The summed E-state index contributed by atoms with van der Waals surface area (Å²) in [4.78, 5) is 18.7. The van der Waals surface area contributed by atoms with Crippen molar-refractivity contribution in [3.63, 3.8) is 0 Å². The molecule has 0 amide bonds. The first-order valence-electron chi connectivity index (χ1n) is 10.9. The smallest absolute Gasteiger partial charge is 0.229 e. The zero-order valence-electron chi connectivity index (χ0n) is 17.9. The fraction of sp³-hybridized carbons (Fsp3) is 0.750. The van der Waals surface area contributed by atoms with Crippen LogP contribution in [0.5, 0.6) is 0 Å². The summed E-state index contributed by atoms with van der Waals surface area (Å²) in [6.07, 6.45) is 4.95. The lowest BCUT2D eigenvalue weighted by Gasteiger charge is -2.25. The van der Waals surface area contributed by atoms with Gasteiger partial charge < -0.3 is 30.7 Å². The summed E-state index contributed by atoms with van der Waals surface area (Å²) < 4.78 is 0. The first-order chi connectivity index (χ1) is 14.1. The van der Waals surface area contributed by atoms with Crippen LogP contribution in [0.3, 0.4) is 0 Å². The lowest BCUT2D eigenvalue weighted by Crippen LogP contribution is -2.41. The Balaban J connectivity index is 1.55. The van der Waals surface area contributed by atoms with Crippen LogP contribution in [-0.4, -0.2) is 90.8 Å². The molecule has 0 spiro atoms. The lowest BCUT2D eigenvalue weighted by molar-refractivity contribution is 0.302. The number of nitrogens with one attached hydrogen (secondary N) is 1. The molecule has 3 N–H and O–H groups in total. The molecule has 3 rings (SSSR count). The second kappa shape index (κ2) is 10.8. The minimum Gasteiger partial charge on any atom is -0.376 e. The van der Waals surface area contributed by atoms with Crippen molar-refractivity contribution in [2.75, 3.05) is 81.1 Å². The van der Waals surface area contributed by atoms with Gasteiger partial charge in [-0.1, -0.05) is 0 Å². The second-order valence-corrected chi connectivity index (χ2v) is 8.37. The van der Waals surface area contributed by atoms with E-state index in [4.69, 9.17) is 27.9 Å². The zero-order chi connectivity index (χ0) is 20.6. The molecule has 0 aromatic carbocycles. The lowest BCUT2D eigenvalue weighted by atomic mass is 10.4. The van der Waals surface area contributed by atoms with Gasteiger partial charge in [0.15, 0.2) is 5.11 Å². The molecule has 8 nitrogen and oxygen atoms in total. The summed E-state index contributed by atoms with van der Waals surface area (Å²) in [5, 5.41) is 3.99. The standard InChI is InChI=1S/C20H36N8S/c1-3-26(19(21)29)15-14-25(2)13-8-22-17-16-18(27-9-4-5-10-27)24-20(23-17)28-11-6-7-12-28/h16H,3-15H2,1-2H3,(H2,21,29)(H,22,23,24). The number of rotatable bonds is 10. The Morgan fingerprint density at radius 3 is 2.34 bits per heavy atom. The van der Waals surface area contributed by atoms with Crippen molar-refractivity contribution in [1.82, 2.24) is 19.8 Å². The van der Waals surface area contributed by atoms with Crippen molar-refractivity contribution in [3.05, 3.63) is 6.07 Å². The Kier molecular flexibility index (Phi) is 8.11. The van der Waals surface area contributed by atoms with Crippen LogP contribution in [0.4, 0.5) is 17.6 Å². The van der Waals surface area contributed by atoms with E-state index in [1.54, 1.807) is 0 Å². The van der Waals surface area contributed by atoms with Crippen molar-refractivity contribution in [2.24, 2.45) is 5.73 Å². The molecule has 0 bridgehead atoms. The van der Waals surface area contributed by atoms with E-state index in [1.807, 2.05) is 4.90 Å². The summed E-state index contributed by atoms with van der Waals surface area (Å²) in [5.74, 6) is 2.86. The van der Waals surface area contributed by atoms with Gasteiger partial charge in [-0.3, -0.25) is 0 Å². The van der Waals surface area contributed by atoms with Crippen molar-refractivity contribution in [2.45, 2.75) is 32.6 Å². The van der Waals surface area contributed by atoms with Crippen LogP contribution in [0.25, 0.3) is 0 Å². The maximum atomic E-state index is 5.75. The zero-order valence-corrected chi connectivity index (χ0v) is 18.8. The average Bonchev–Trinajstić information content (AvgIpc) is 3.42. The highest BCUT2D eigenvalue weighted by Crippen LogP contribution is 2.25. The second-order valence-electron chi connectivity index (χ2n) is 7.95. The summed E-state index contributed by atoms with van der Waals surface area (Å²) in [6.45, 7) is 10.8. The van der Waals surface area contributed by atoms with Crippen LogP contribution in [0.2, 0.25) is 0 Å². The van der Waals surface area contributed by atoms with Gasteiger partial charge in [-0.25, -0.2) is 0 Å². The number of thiocarbonyl (C=S) groups is 1. The predicted molar refractivity (Wildman–Crippen MR) is 125 cm³/mol. The third-order valence-electron chi connectivity index (χ3n) is 5.76. The van der Waals surface area contributed by atoms with E-state index >= 15 is 0 Å². The van der Waals surface area contributed by atoms with Gasteiger partial charge in [0.25, 0.3) is 0 Å². The van der Waals surface area contributed by atoms with Crippen LogP contribution in [0, 0.1) is 0 Å². The Morgan fingerprint density at radius 2 is 1.72 bits per heavy atom. The maximum Gasteiger partial charge on any atom is 0.229 e. The van der Waals surface area contributed by atoms with Gasteiger partial charge >= 0.3 is 0 Å². The number of nitrogens with two attached hydrogens (primary N) is 1. The number of likely N-dealkylation sites (N-methyl/N-ethyl adjacent to an activating group) is 2. The van der Waals surface area contributed by atoms with Crippen LogP contribution in [0.1, 0.15) is 32.6 Å². The first-order valence-corrected chi connectivity index (χ1v) is 11.3. The normalized spacial score (nSPS) is 16.7. The number of hydrogen-bond donors (Lipinski definition) is 2. The molecule has 2 saturated heterocycles. The number of hydrogen-bond acceptors (Lipinski definition) is 7. The van der Waals surface area contributed by atoms with Crippen LogP contribution >= 0.6 is 12.2 Å². The van der Waals surface area contributed by atoms with Gasteiger partial charge in [0.2, 0.25) is 5.95 Å². The molecule has 162 valence electrons. The molecular weight excluding hydrogens is 384 g/mol. The highest BCUT2D eigenvalue weighted by molar-refractivity contribution is 7.80. The number of nitrogens with zero attached hydrogens (tertiary/aromatic N) is 6. The quantitative estimate of drug-likeness (QED) is 0.549. The Hall–Kier alpha value is -1.87. The van der Waals surface area contributed by atoms with E-state index < -0.39 is 0 Å². The summed E-state index contributed by atoms with van der Waals surface area (Å²) in [7, 11) is 2.13. The Morgan fingerprint density at radius 1 is 1.07 bits per heavy atom. The summed E-state index contributed by atoms with van der Waals surface area (Å²) in [5.41, 5.74) is 5.75. The molecule has 0 unspecified atom stereocenters. The van der Waals surface area contributed by atoms with Gasteiger partial charge in [-0.15, -0.1) is 0 Å². The molecule has 9 heteroatoms. The highest BCUT2D eigenvalue weighted by Gasteiger charge is 2.20. The first kappa shape index (κ1) is 21.8. The predicted octanol–water partition coefficient (Wildman–Crippen LogP) is 1.59. The topological polar surface area (TPSA) is 76.8 Å². The van der Waals surface area contributed by atoms with Gasteiger partial charge in [-0.2, -0.15) is 9.97 Å².